The molecule has 0 aromatic rings. The minimum atomic E-state index is -0.797. The van der Waals surface area contributed by atoms with Crippen LogP contribution in [0.3, 0.4) is 0 Å². The van der Waals surface area contributed by atoms with E-state index in [-0.39, 0.29) is 35.6 Å². The molecule has 0 saturated heterocycles. The summed E-state index contributed by atoms with van der Waals surface area (Å²) in [6.07, 6.45) is 8.43. The summed E-state index contributed by atoms with van der Waals surface area (Å²) in [4.78, 5) is 37.8. The Morgan fingerprint density at radius 1 is 0.879 bits per heavy atom. The Balaban J connectivity index is 2.01. The Hall–Kier alpha value is -1.67. The zero-order valence-corrected chi connectivity index (χ0v) is 20.9. The smallest absolute Gasteiger partial charge is 0.243 e. The van der Waals surface area contributed by atoms with Gasteiger partial charge in [0.1, 0.15) is 12.1 Å². The van der Waals surface area contributed by atoms with Crippen molar-refractivity contribution in [3.63, 3.8) is 0 Å². The van der Waals surface area contributed by atoms with Gasteiger partial charge < -0.3 is 27.2 Å². The molecular formula is C25H46N4O4. The first-order valence-corrected chi connectivity index (χ1v) is 12.9. The molecule has 0 aromatic heterocycles. The van der Waals surface area contributed by atoms with Crippen LogP contribution in [0.4, 0.5) is 0 Å². The molecule has 2 aliphatic rings. The highest BCUT2D eigenvalue weighted by molar-refractivity contribution is 5.92. The van der Waals surface area contributed by atoms with Gasteiger partial charge in [-0.1, -0.05) is 66.2 Å². The normalized spacial score (nSPS) is 25.5. The molecule has 7 N–H and O–H groups in total. The maximum atomic E-state index is 13.2. The summed E-state index contributed by atoms with van der Waals surface area (Å²) in [5, 5.41) is 16.6. The first kappa shape index (κ1) is 27.6. The molecule has 0 heterocycles. The van der Waals surface area contributed by atoms with Gasteiger partial charge in [-0.05, 0) is 42.9 Å². The summed E-state index contributed by atoms with van der Waals surface area (Å²) in [5.41, 5.74) is 11.8. The molecular weight excluding hydrogens is 420 g/mol. The van der Waals surface area contributed by atoms with E-state index in [0.29, 0.717) is 12.3 Å². The largest absolute Gasteiger partial charge is 0.391 e. The van der Waals surface area contributed by atoms with E-state index in [2.05, 4.69) is 10.6 Å². The SMILES string of the molecule is CC(C)C(NC(=O)[C@H](NC(=O)C1CCCC1C(O)[C@@H](N)CC1CCCCC1)C(C)C)C(N)=O. The van der Waals surface area contributed by atoms with Gasteiger partial charge in [-0.2, -0.15) is 0 Å². The molecule has 2 saturated carbocycles. The number of aliphatic hydroxyl groups excluding tert-OH is 1. The van der Waals surface area contributed by atoms with Gasteiger partial charge in [0.25, 0.3) is 0 Å². The van der Waals surface area contributed by atoms with Crippen LogP contribution < -0.4 is 22.1 Å². The van der Waals surface area contributed by atoms with Gasteiger partial charge in [0.2, 0.25) is 17.7 Å². The number of carbonyl (C=O) groups excluding carboxylic acids is 3. The molecule has 33 heavy (non-hydrogen) atoms. The maximum absolute atomic E-state index is 13.2. The Morgan fingerprint density at radius 2 is 1.48 bits per heavy atom. The van der Waals surface area contributed by atoms with Crippen LogP contribution in [0.25, 0.3) is 0 Å². The fourth-order valence-corrected chi connectivity index (χ4v) is 5.59. The molecule has 3 amide bonds. The highest BCUT2D eigenvalue weighted by atomic mass is 16.3. The number of hydrogen-bond acceptors (Lipinski definition) is 5. The standard InChI is InChI=1S/C25H46N4O4/c1-14(2)20(23(27)31)28-25(33)21(15(3)4)29-24(32)18-12-8-11-17(18)22(30)19(26)13-16-9-6-5-7-10-16/h14-22,30H,5-13,26H2,1-4H3,(H2,27,31)(H,28,33)(H,29,32)/t17?,18?,19-,20?,21+,22?/m0/s1. The van der Waals surface area contributed by atoms with Crippen LogP contribution in [0, 0.1) is 29.6 Å². The lowest BCUT2D eigenvalue weighted by molar-refractivity contribution is -0.135. The third-order valence-corrected chi connectivity index (χ3v) is 7.63. The molecule has 2 fully saturated rings. The van der Waals surface area contributed by atoms with Crippen molar-refractivity contribution in [1.29, 1.82) is 0 Å². The third-order valence-electron chi connectivity index (χ3n) is 7.63. The number of nitrogens with two attached hydrogens (primary N) is 2. The molecule has 2 rings (SSSR count). The molecule has 0 aromatic carbocycles. The number of primary amides is 1. The molecule has 8 nitrogen and oxygen atoms in total. The lowest BCUT2D eigenvalue weighted by atomic mass is 9.80. The molecule has 8 heteroatoms. The molecule has 190 valence electrons. The summed E-state index contributed by atoms with van der Waals surface area (Å²) in [6, 6.07) is -1.92. The van der Waals surface area contributed by atoms with Crippen molar-refractivity contribution in [3.05, 3.63) is 0 Å². The van der Waals surface area contributed by atoms with Crippen molar-refractivity contribution in [2.75, 3.05) is 0 Å². The third kappa shape index (κ3) is 7.67. The minimum Gasteiger partial charge on any atom is -0.391 e. The Bertz CT molecular complexity index is 663. The highest BCUT2D eigenvalue weighted by Gasteiger charge is 2.41. The van der Waals surface area contributed by atoms with Crippen LogP contribution in [0.15, 0.2) is 0 Å². The predicted molar refractivity (Wildman–Crippen MR) is 129 cm³/mol. The van der Waals surface area contributed by atoms with E-state index in [0.717, 1.165) is 19.3 Å². The van der Waals surface area contributed by atoms with Gasteiger partial charge in [-0.25, -0.2) is 0 Å². The number of nitrogens with one attached hydrogen (secondary N) is 2. The molecule has 0 bridgehead atoms. The van der Waals surface area contributed by atoms with Crippen molar-refractivity contribution in [2.24, 2.45) is 41.1 Å². The Labute approximate surface area is 199 Å². The summed E-state index contributed by atoms with van der Waals surface area (Å²) >= 11 is 0. The lowest BCUT2D eigenvalue weighted by Gasteiger charge is -2.33. The second kappa shape index (κ2) is 12.7. The van der Waals surface area contributed by atoms with E-state index in [9.17, 15) is 19.5 Å². The Kier molecular flexibility index (Phi) is 10.6. The number of amides is 3. The topological polar surface area (TPSA) is 148 Å². The van der Waals surface area contributed by atoms with Crippen molar-refractivity contribution >= 4 is 17.7 Å². The molecule has 0 aliphatic heterocycles. The Morgan fingerprint density at radius 3 is 2.03 bits per heavy atom. The zero-order valence-electron chi connectivity index (χ0n) is 20.9. The molecule has 0 spiro atoms. The van der Waals surface area contributed by atoms with Gasteiger partial charge in [0.15, 0.2) is 0 Å². The number of aliphatic hydroxyl groups is 1. The first-order chi connectivity index (χ1) is 15.5. The second-order valence-electron chi connectivity index (χ2n) is 11.0. The number of carbonyl (C=O) groups is 3. The molecule has 6 atom stereocenters. The van der Waals surface area contributed by atoms with Gasteiger partial charge >= 0.3 is 0 Å². The predicted octanol–water partition coefficient (Wildman–Crippen LogP) is 1.83. The van der Waals surface area contributed by atoms with Crippen molar-refractivity contribution < 1.29 is 19.5 Å². The first-order valence-electron chi connectivity index (χ1n) is 12.9. The van der Waals surface area contributed by atoms with E-state index in [1.807, 2.05) is 13.8 Å². The van der Waals surface area contributed by atoms with E-state index >= 15 is 0 Å². The average molecular weight is 467 g/mol. The van der Waals surface area contributed by atoms with Crippen LogP contribution in [-0.4, -0.2) is 47.1 Å². The van der Waals surface area contributed by atoms with Crippen LogP contribution in [-0.2, 0) is 14.4 Å². The highest BCUT2D eigenvalue weighted by Crippen LogP contribution is 2.37. The van der Waals surface area contributed by atoms with E-state index in [1.54, 1.807) is 13.8 Å². The summed E-state index contributed by atoms with van der Waals surface area (Å²) in [6.45, 7) is 7.31. The van der Waals surface area contributed by atoms with Crippen LogP contribution >= 0.6 is 0 Å². The summed E-state index contributed by atoms with van der Waals surface area (Å²) in [5.74, 6) is -1.58. The lowest BCUT2D eigenvalue weighted by Crippen LogP contribution is -2.57. The molecule has 0 radical (unpaired) electrons. The van der Waals surface area contributed by atoms with E-state index in [4.69, 9.17) is 11.5 Å². The minimum absolute atomic E-state index is 0.157. The molecule has 2 aliphatic carbocycles. The monoisotopic (exact) mass is 466 g/mol. The van der Waals surface area contributed by atoms with Crippen LogP contribution in [0.1, 0.15) is 85.5 Å². The van der Waals surface area contributed by atoms with Crippen molar-refractivity contribution in [3.8, 4) is 0 Å². The van der Waals surface area contributed by atoms with Gasteiger partial charge in [-0.15, -0.1) is 0 Å². The second-order valence-corrected chi connectivity index (χ2v) is 11.0. The van der Waals surface area contributed by atoms with Crippen molar-refractivity contribution in [2.45, 2.75) is 110 Å². The van der Waals surface area contributed by atoms with Crippen LogP contribution in [0.5, 0.6) is 0 Å². The average Bonchev–Trinajstić information content (AvgIpc) is 3.24. The van der Waals surface area contributed by atoms with Gasteiger partial charge in [0, 0.05) is 12.0 Å². The van der Waals surface area contributed by atoms with E-state index in [1.165, 1.54) is 32.1 Å². The zero-order chi connectivity index (χ0) is 24.7. The fourth-order valence-electron chi connectivity index (χ4n) is 5.59. The van der Waals surface area contributed by atoms with Crippen molar-refractivity contribution in [1.82, 2.24) is 10.6 Å². The summed E-state index contributed by atoms with van der Waals surface area (Å²) in [7, 11) is 0. The van der Waals surface area contributed by atoms with Gasteiger partial charge in [-0.3, -0.25) is 14.4 Å². The van der Waals surface area contributed by atoms with E-state index < -0.39 is 30.0 Å². The number of hydrogen-bond donors (Lipinski definition) is 5. The fraction of sp³-hybridized carbons (Fsp3) is 0.880. The summed E-state index contributed by atoms with van der Waals surface area (Å²) < 4.78 is 0. The number of rotatable bonds is 11. The maximum Gasteiger partial charge on any atom is 0.243 e. The van der Waals surface area contributed by atoms with Gasteiger partial charge in [0.05, 0.1) is 6.10 Å². The molecule has 4 unspecified atom stereocenters. The van der Waals surface area contributed by atoms with Crippen LogP contribution in [0.2, 0.25) is 0 Å². The quantitative estimate of drug-likeness (QED) is 0.315.